The summed E-state index contributed by atoms with van der Waals surface area (Å²) in [5, 5.41) is 55.0. The molecule has 47 heavy (non-hydrogen) atoms. The van der Waals surface area contributed by atoms with Crippen molar-refractivity contribution >= 4 is 12.0 Å². The number of carbonyl (C=O) groups is 1. The Morgan fingerprint density at radius 3 is 2.40 bits per heavy atom. The predicted molar refractivity (Wildman–Crippen MR) is 157 cm³/mol. The summed E-state index contributed by atoms with van der Waals surface area (Å²) in [5.74, 6) is -3.27. The number of alkyl halides is 1. The summed E-state index contributed by atoms with van der Waals surface area (Å²) in [5.41, 5.74) is 0.942. The molecule has 0 radical (unpaired) electrons. The Balaban J connectivity index is 1.19. The number of aromatic hydroxyl groups is 1. The minimum atomic E-state index is -1.99. The second kappa shape index (κ2) is 14.6. The van der Waals surface area contributed by atoms with Crippen LogP contribution in [0.4, 0.5) is 13.2 Å². The third-order valence-corrected chi connectivity index (χ3v) is 8.31. The van der Waals surface area contributed by atoms with Crippen molar-refractivity contribution in [2.45, 2.75) is 81.5 Å². The number of hydrogen-bond acceptors (Lipinski definition) is 11. The molecule has 0 unspecified atom stereocenters. The zero-order chi connectivity index (χ0) is 34.0. The molecule has 5 rings (SSSR count). The zero-order valence-corrected chi connectivity index (χ0v) is 25.3. The molecule has 15 heteroatoms. The minimum absolute atomic E-state index is 0.0759. The van der Waals surface area contributed by atoms with E-state index in [2.05, 4.69) is 5.32 Å². The molecule has 2 saturated heterocycles. The van der Waals surface area contributed by atoms with Gasteiger partial charge in [-0.05, 0) is 60.9 Å². The predicted octanol–water partition coefficient (Wildman–Crippen LogP) is 1.61. The first-order valence-electron chi connectivity index (χ1n) is 14.9. The fraction of sp³-hybridized carbons (Fsp3) is 0.469. The molecule has 0 aromatic heterocycles. The van der Waals surface area contributed by atoms with Crippen LogP contribution >= 0.6 is 0 Å². The topological polar surface area (TPSA) is 176 Å². The number of halogens is 3. The molecular formula is C32H36F3NO11. The van der Waals surface area contributed by atoms with Gasteiger partial charge in [-0.25, -0.2) is 13.2 Å². The van der Waals surface area contributed by atoms with Crippen molar-refractivity contribution in [3.8, 4) is 17.2 Å². The zero-order valence-electron chi connectivity index (χ0n) is 25.3. The molecule has 12 nitrogen and oxygen atoms in total. The van der Waals surface area contributed by atoms with Gasteiger partial charge >= 0.3 is 0 Å². The van der Waals surface area contributed by atoms with Crippen molar-refractivity contribution in [2.24, 2.45) is 0 Å². The number of phenols is 1. The molecule has 2 aromatic rings. The Labute approximate surface area is 267 Å². The standard InChI is InChI=1S/C32H36F3NO11/c1-3-16(8-9-43-17-5-6-18(33)19(34)12-17)28-24(38)22(35)32(47-28)46-21-7-4-15(11-20(21)37)10-14(2)31(42)36-23-25(39)27(41)30-29(26(23)40)44-13-45-30/h4-8,10-12,22-30,32,37-41H,3,9,13H2,1-2H3,(H,36,42)/b14-10+,16-8-/t22-,23+,24-,25-,26+,27+,28+,29-,30+,32+/m0/s1. The van der Waals surface area contributed by atoms with E-state index in [0.29, 0.717) is 17.6 Å². The molecule has 0 spiro atoms. The number of aliphatic hydroxyl groups is 4. The van der Waals surface area contributed by atoms with Gasteiger partial charge in [-0.1, -0.05) is 13.0 Å². The van der Waals surface area contributed by atoms with Crippen LogP contribution in [0.5, 0.6) is 17.2 Å². The highest BCUT2D eigenvalue weighted by molar-refractivity contribution is 5.97. The summed E-state index contributed by atoms with van der Waals surface area (Å²) in [4.78, 5) is 12.9. The first-order chi connectivity index (χ1) is 22.4. The highest BCUT2D eigenvalue weighted by Gasteiger charge is 2.53. The lowest BCUT2D eigenvalue weighted by Crippen LogP contribution is -2.67. The normalized spacial score (nSPS) is 32.6. The van der Waals surface area contributed by atoms with Gasteiger partial charge in [-0.2, -0.15) is 0 Å². The lowest BCUT2D eigenvalue weighted by atomic mass is 9.83. The molecule has 0 bridgehead atoms. The maximum absolute atomic E-state index is 15.1. The number of fused-ring (bicyclic) bond motifs is 1. The molecule has 2 aliphatic heterocycles. The Morgan fingerprint density at radius 2 is 1.72 bits per heavy atom. The Hall–Kier alpha value is -3.70. The summed E-state index contributed by atoms with van der Waals surface area (Å²) in [6.45, 7) is 2.94. The average molecular weight is 668 g/mol. The Morgan fingerprint density at radius 1 is 1.00 bits per heavy atom. The summed E-state index contributed by atoms with van der Waals surface area (Å²) < 4.78 is 68.7. The summed E-state index contributed by atoms with van der Waals surface area (Å²) in [6, 6.07) is 5.84. The van der Waals surface area contributed by atoms with E-state index in [1.807, 2.05) is 0 Å². The second-order valence-electron chi connectivity index (χ2n) is 11.4. The smallest absolute Gasteiger partial charge is 0.247 e. The third-order valence-electron chi connectivity index (χ3n) is 8.31. The molecule has 6 N–H and O–H groups in total. The molecule has 1 amide bonds. The van der Waals surface area contributed by atoms with Gasteiger partial charge in [0.2, 0.25) is 12.2 Å². The number of nitrogens with one attached hydrogen (secondary N) is 1. The first kappa shape index (κ1) is 34.6. The van der Waals surface area contributed by atoms with E-state index in [1.54, 1.807) is 6.92 Å². The Kier molecular flexibility index (Phi) is 10.8. The van der Waals surface area contributed by atoms with E-state index in [0.717, 1.165) is 12.1 Å². The van der Waals surface area contributed by atoms with Crippen LogP contribution in [0.25, 0.3) is 6.08 Å². The van der Waals surface area contributed by atoms with E-state index < -0.39 is 84.5 Å². The number of phenolic OH excluding ortho intramolecular Hbond substituents is 1. The molecule has 10 atom stereocenters. The maximum atomic E-state index is 15.1. The van der Waals surface area contributed by atoms with Crippen molar-refractivity contribution in [1.29, 1.82) is 0 Å². The molecule has 2 heterocycles. The number of hydrogen-bond donors (Lipinski definition) is 6. The maximum Gasteiger partial charge on any atom is 0.247 e. The van der Waals surface area contributed by atoms with Crippen LogP contribution in [0.3, 0.4) is 0 Å². The number of aliphatic hydroxyl groups excluding tert-OH is 4. The van der Waals surface area contributed by atoms with Gasteiger partial charge < -0.3 is 54.5 Å². The van der Waals surface area contributed by atoms with Gasteiger partial charge in [-0.15, -0.1) is 0 Å². The van der Waals surface area contributed by atoms with E-state index in [4.69, 9.17) is 23.7 Å². The van der Waals surface area contributed by atoms with Gasteiger partial charge in [0.25, 0.3) is 0 Å². The quantitative estimate of drug-likeness (QED) is 0.160. The minimum Gasteiger partial charge on any atom is -0.504 e. The first-order valence-corrected chi connectivity index (χ1v) is 14.9. The van der Waals surface area contributed by atoms with Crippen molar-refractivity contribution in [3.05, 3.63) is 70.8 Å². The van der Waals surface area contributed by atoms with Crippen LogP contribution in [-0.2, 0) is 19.0 Å². The van der Waals surface area contributed by atoms with E-state index >= 15 is 4.39 Å². The van der Waals surface area contributed by atoms with Crippen molar-refractivity contribution < 1.29 is 67.2 Å². The molecule has 1 aliphatic carbocycles. The van der Waals surface area contributed by atoms with E-state index in [9.17, 15) is 39.1 Å². The SMILES string of the molecule is CC/C(=C/COc1ccc(F)c(F)c1)[C@H]1O[C@@H](Oc2ccc(/C=C(\C)C(=O)N[C@@H]3[C@H](O)[C@@H](O)[C@H]4OCO[C@H]4[C@@H]3O)cc2O)[C@@H](F)[C@@H]1O. The monoisotopic (exact) mass is 667 g/mol. The highest BCUT2D eigenvalue weighted by atomic mass is 19.2. The van der Waals surface area contributed by atoms with Gasteiger partial charge in [0.1, 0.15) is 61.9 Å². The van der Waals surface area contributed by atoms with E-state index in [-0.39, 0.29) is 30.5 Å². The number of benzene rings is 2. The average Bonchev–Trinajstić information content (AvgIpc) is 3.65. The second-order valence-corrected chi connectivity index (χ2v) is 11.4. The number of rotatable bonds is 10. The summed E-state index contributed by atoms with van der Waals surface area (Å²) >= 11 is 0. The largest absolute Gasteiger partial charge is 0.504 e. The van der Waals surface area contributed by atoms with Crippen molar-refractivity contribution in [2.75, 3.05) is 13.4 Å². The van der Waals surface area contributed by atoms with Crippen LogP contribution in [0.2, 0.25) is 0 Å². The molecule has 1 saturated carbocycles. The molecule has 2 aromatic carbocycles. The van der Waals surface area contributed by atoms with Crippen molar-refractivity contribution in [3.63, 3.8) is 0 Å². The van der Waals surface area contributed by atoms with Crippen LogP contribution in [0.1, 0.15) is 25.8 Å². The summed E-state index contributed by atoms with van der Waals surface area (Å²) in [6.07, 6.45) is -9.17. The van der Waals surface area contributed by atoms with Crippen LogP contribution < -0.4 is 14.8 Å². The fourth-order valence-corrected chi connectivity index (χ4v) is 5.69. The van der Waals surface area contributed by atoms with Gasteiger partial charge in [0, 0.05) is 11.6 Å². The van der Waals surface area contributed by atoms with Crippen LogP contribution in [-0.4, -0.2) is 106 Å². The molecule has 3 aliphatic rings. The van der Waals surface area contributed by atoms with E-state index in [1.165, 1.54) is 43.3 Å². The molecular weight excluding hydrogens is 631 g/mol. The van der Waals surface area contributed by atoms with Crippen molar-refractivity contribution in [1.82, 2.24) is 5.32 Å². The van der Waals surface area contributed by atoms with Crippen LogP contribution in [0.15, 0.2) is 53.6 Å². The highest BCUT2D eigenvalue weighted by Crippen LogP contribution is 2.36. The Bertz CT molecular complexity index is 1510. The molecule has 256 valence electrons. The van der Waals surface area contributed by atoms with Gasteiger partial charge in [0.05, 0.1) is 6.04 Å². The van der Waals surface area contributed by atoms with Gasteiger partial charge in [-0.3, -0.25) is 4.79 Å². The van der Waals surface area contributed by atoms with Crippen LogP contribution in [0, 0.1) is 11.6 Å². The fourth-order valence-electron chi connectivity index (χ4n) is 5.69. The summed E-state index contributed by atoms with van der Waals surface area (Å²) in [7, 11) is 0. The number of carbonyl (C=O) groups excluding carboxylic acids is 1. The lowest BCUT2D eigenvalue weighted by Gasteiger charge is -2.41. The number of amides is 1. The lowest BCUT2D eigenvalue weighted by molar-refractivity contribution is -0.155. The number of ether oxygens (including phenoxy) is 5. The third kappa shape index (κ3) is 7.41. The van der Waals surface area contributed by atoms with Gasteiger partial charge in [0.15, 0.2) is 29.3 Å². The molecule has 3 fully saturated rings.